The largest absolute Gasteiger partial charge is 0.344 e. The third-order valence-corrected chi connectivity index (χ3v) is 2.96. The number of nitrogens with zero attached hydrogens (tertiary/aromatic N) is 2. The van der Waals surface area contributed by atoms with Gasteiger partial charge in [-0.25, -0.2) is 4.39 Å². The minimum Gasteiger partial charge on any atom is -0.344 e. The second-order valence-corrected chi connectivity index (χ2v) is 4.73. The predicted molar refractivity (Wildman–Crippen MR) is 72.8 cm³/mol. The zero-order valence-electron chi connectivity index (χ0n) is 11.1. The van der Waals surface area contributed by atoms with Gasteiger partial charge >= 0.3 is 0 Å². The highest BCUT2D eigenvalue weighted by atomic mass is 19.1. The number of rotatable bonds is 5. The van der Waals surface area contributed by atoms with E-state index in [1.807, 2.05) is 30.9 Å². The zero-order valence-corrected chi connectivity index (χ0v) is 11.1. The molecule has 1 aromatic carbocycles. The van der Waals surface area contributed by atoms with Gasteiger partial charge in [0.15, 0.2) is 0 Å². The summed E-state index contributed by atoms with van der Waals surface area (Å²) < 4.78 is 14.8. The number of ketones is 1. The monoisotopic (exact) mass is 260 g/mol. The average Bonchev–Trinajstić information content (AvgIpc) is 2.84. The molecule has 3 nitrogen and oxygen atoms in total. The molecule has 0 spiro atoms. The fourth-order valence-electron chi connectivity index (χ4n) is 1.87. The van der Waals surface area contributed by atoms with E-state index in [4.69, 9.17) is 0 Å². The lowest BCUT2D eigenvalue weighted by Crippen LogP contribution is -2.20. The second kappa shape index (κ2) is 5.80. The maximum absolute atomic E-state index is 12.9. The summed E-state index contributed by atoms with van der Waals surface area (Å²) in [4.78, 5) is 14.4. The topological polar surface area (TPSA) is 25.2 Å². The SMILES string of the molecule is CN(C)CCn1cccc1C(=O)c1ccc(F)cc1. The third-order valence-electron chi connectivity index (χ3n) is 2.96. The minimum absolute atomic E-state index is 0.0799. The Hall–Kier alpha value is -1.94. The summed E-state index contributed by atoms with van der Waals surface area (Å²) in [5, 5.41) is 0. The molecule has 0 saturated heterocycles. The number of carbonyl (C=O) groups excluding carboxylic acids is 1. The van der Waals surface area contributed by atoms with E-state index in [-0.39, 0.29) is 11.6 Å². The van der Waals surface area contributed by atoms with E-state index in [9.17, 15) is 9.18 Å². The Morgan fingerprint density at radius 1 is 1.21 bits per heavy atom. The third kappa shape index (κ3) is 3.29. The molecule has 19 heavy (non-hydrogen) atoms. The number of benzene rings is 1. The molecular weight excluding hydrogens is 243 g/mol. The van der Waals surface area contributed by atoms with Crippen molar-refractivity contribution in [3.05, 3.63) is 59.7 Å². The van der Waals surface area contributed by atoms with Crippen LogP contribution in [-0.2, 0) is 6.54 Å². The Bertz CT molecular complexity index is 558. The lowest BCUT2D eigenvalue weighted by atomic mass is 10.1. The lowest BCUT2D eigenvalue weighted by molar-refractivity contribution is 0.102. The second-order valence-electron chi connectivity index (χ2n) is 4.73. The van der Waals surface area contributed by atoms with Crippen molar-refractivity contribution in [3.8, 4) is 0 Å². The Morgan fingerprint density at radius 3 is 2.53 bits per heavy atom. The molecule has 0 radical (unpaired) electrons. The van der Waals surface area contributed by atoms with Crippen LogP contribution in [0, 0.1) is 5.82 Å². The van der Waals surface area contributed by atoms with E-state index in [0.717, 1.165) is 13.1 Å². The van der Waals surface area contributed by atoms with Crippen LogP contribution in [0.15, 0.2) is 42.6 Å². The van der Waals surface area contributed by atoms with Gasteiger partial charge in [0.05, 0.1) is 5.69 Å². The van der Waals surface area contributed by atoms with Gasteiger partial charge in [-0.2, -0.15) is 0 Å². The first-order valence-electron chi connectivity index (χ1n) is 6.18. The van der Waals surface area contributed by atoms with Gasteiger partial charge < -0.3 is 9.47 Å². The Kier molecular flexibility index (Phi) is 4.12. The van der Waals surface area contributed by atoms with Crippen molar-refractivity contribution >= 4 is 5.78 Å². The summed E-state index contributed by atoms with van der Waals surface area (Å²) in [6.07, 6.45) is 1.89. The van der Waals surface area contributed by atoms with Crippen LogP contribution in [0.3, 0.4) is 0 Å². The molecule has 0 unspecified atom stereocenters. The quantitative estimate of drug-likeness (QED) is 0.771. The summed E-state index contributed by atoms with van der Waals surface area (Å²) in [6, 6.07) is 9.29. The number of likely N-dealkylation sites (N-methyl/N-ethyl adjacent to an activating group) is 1. The molecule has 0 atom stereocenters. The van der Waals surface area contributed by atoms with Crippen LogP contribution in [0.25, 0.3) is 0 Å². The van der Waals surface area contributed by atoms with Crippen molar-refractivity contribution in [1.29, 1.82) is 0 Å². The standard InChI is InChI=1S/C15H17FN2O/c1-17(2)10-11-18-9-3-4-14(18)15(19)12-5-7-13(16)8-6-12/h3-9H,10-11H2,1-2H3. The van der Waals surface area contributed by atoms with E-state index < -0.39 is 0 Å². The highest BCUT2D eigenvalue weighted by Crippen LogP contribution is 2.12. The normalized spacial score (nSPS) is 10.9. The summed E-state index contributed by atoms with van der Waals surface area (Å²) in [7, 11) is 3.98. The first-order chi connectivity index (χ1) is 9.08. The minimum atomic E-state index is -0.334. The fourth-order valence-corrected chi connectivity index (χ4v) is 1.87. The van der Waals surface area contributed by atoms with E-state index >= 15 is 0 Å². The average molecular weight is 260 g/mol. The molecule has 0 aliphatic carbocycles. The van der Waals surface area contributed by atoms with Gasteiger partial charge in [-0.05, 0) is 50.5 Å². The summed E-state index contributed by atoms with van der Waals surface area (Å²) in [6.45, 7) is 1.61. The number of halogens is 1. The smallest absolute Gasteiger partial charge is 0.209 e. The van der Waals surface area contributed by atoms with Gasteiger partial charge in [0, 0.05) is 24.8 Å². The van der Waals surface area contributed by atoms with Crippen LogP contribution in [0.1, 0.15) is 16.1 Å². The maximum atomic E-state index is 12.9. The van der Waals surface area contributed by atoms with E-state index in [1.165, 1.54) is 24.3 Å². The van der Waals surface area contributed by atoms with Crippen molar-refractivity contribution in [1.82, 2.24) is 9.47 Å². The molecule has 0 bridgehead atoms. The first kappa shape index (κ1) is 13.5. The molecule has 0 N–H and O–H groups in total. The van der Waals surface area contributed by atoms with Gasteiger partial charge in [0.25, 0.3) is 0 Å². The fraction of sp³-hybridized carbons (Fsp3) is 0.267. The van der Waals surface area contributed by atoms with Crippen LogP contribution in [0.4, 0.5) is 4.39 Å². The Balaban J connectivity index is 2.19. The first-order valence-corrected chi connectivity index (χ1v) is 6.18. The summed E-state index contributed by atoms with van der Waals surface area (Å²) in [5.74, 6) is -0.414. The van der Waals surface area contributed by atoms with E-state index in [1.54, 1.807) is 6.07 Å². The van der Waals surface area contributed by atoms with Gasteiger partial charge in [-0.3, -0.25) is 4.79 Å². The van der Waals surface area contributed by atoms with Crippen molar-refractivity contribution in [2.24, 2.45) is 0 Å². The molecule has 0 aliphatic rings. The van der Waals surface area contributed by atoms with Gasteiger partial charge in [-0.15, -0.1) is 0 Å². The Labute approximate surface area is 112 Å². The van der Waals surface area contributed by atoms with Crippen molar-refractivity contribution in [2.75, 3.05) is 20.6 Å². The van der Waals surface area contributed by atoms with Gasteiger partial charge in [0.2, 0.25) is 5.78 Å². The van der Waals surface area contributed by atoms with Crippen LogP contribution in [-0.4, -0.2) is 35.9 Å². The lowest BCUT2D eigenvalue weighted by Gasteiger charge is -2.12. The molecule has 4 heteroatoms. The predicted octanol–water partition coefficient (Wildman–Crippen LogP) is 2.42. The molecule has 2 rings (SSSR count). The highest BCUT2D eigenvalue weighted by molar-refractivity contribution is 6.07. The summed E-state index contributed by atoms with van der Waals surface area (Å²) in [5.41, 5.74) is 1.14. The van der Waals surface area contributed by atoms with Gasteiger partial charge in [0.1, 0.15) is 5.82 Å². The van der Waals surface area contributed by atoms with Crippen molar-refractivity contribution in [3.63, 3.8) is 0 Å². The molecule has 1 heterocycles. The molecule has 1 aromatic heterocycles. The highest BCUT2D eigenvalue weighted by Gasteiger charge is 2.13. The number of hydrogen-bond acceptors (Lipinski definition) is 2. The molecular formula is C15H17FN2O. The number of carbonyl (C=O) groups is 1. The van der Waals surface area contributed by atoms with Crippen LogP contribution >= 0.6 is 0 Å². The number of aromatic nitrogens is 1. The zero-order chi connectivity index (χ0) is 13.8. The molecule has 100 valence electrons. The molecule has 0 amide bonds. The summed E-state index contributed by atoms with van der Waals surface area (Å²) >= 11 is 0. The molecule has 0 fully saturated rings. The van der Waals surface area contributed by atoms with Gasteiger partial charge in [-0.1, -0.05) is 0 Å². The molecule has 2 aromatic rings. The molecule has 0 aliphatic heterocycles. The van der Waals surface area contributed by atoms with Crippen LogP contribution in [0.5, 0.6) is 0 Å². The van der Waals surface area contributed by atoms with Crippen molar-refractivity contribution < 1.29 is 9.18 Å². The van der Waals surface area contributed by atoms with E-state index in [2.05, 4.69) is 4.90 Å². The van der Waals surface area contributed by atoms with Crippen LogP contribution < -0.4 is 0 Å². The number of hydrogen-bond donors (Lipinski definition) is 0. The Morgan fingerprint density at radius 2 is 1.89 bits per heavy atom. The van der Waals surface area contributed by atoms with Crippen molar-refractivity contribution in [2.45, 2.75) is 6.54 Å². The van der Waals surface area contributed by atoms with E-state index in [0.29, 0.717) is 11.3 Å². The maximum Gasteiger partial charge on any atom is 0.209 e. The van der Waals surface area contributed by atoms with Crippen LogP contribution in [0.2, 0.25) is 0 Å². The molecule has 0 saturated carbocycles.